The summed E-state index contributed by atoms with van der Waals surface area (Å²) in [6.07, 6.45) is 2.91. The summed E-state index contributed by atoms with van der Waals surface area (Å²) in [5.41, 5.74) is 5.66. The number of aromatic nitrogens is 1. The van der Waals surface area contributed by atoms with Crippen LogP contribution in [0.15, 0.2) is 43.3 Å². The van der Waals surface area contributed by atoms with Crippen LogP contribution < -0.4 is 10.5 Å². The van der Waals surface area contributed by atoms with Gasteiger partial charge < -0.3 is 10.5 Å². The molecule has 0 aliphatic heterocycles. The van der Waals surface area contributed by atoms with E-state index >= 15 is 0 Å². The minimum absolute atomic E-state index is 0.454. The van der Waals surface area contributed by atoms with Gasteiger partial charge in [-0.15, -0.1) is 0 Å². The largest absolute Gasteiger partial charge is 0.447 e. The summed E-state index contributed by atoms with van der Waals surface area (Å²) < 4.78 is 5.16. The van der Waals surface area contributed by atoms with Crippen molar-refractivity contribution in [3.63, 3.8) is 0 Å². The second-order valence-corrected chi connectivity index (χ2v) is 3.20. The Morgan fingerprint density at radius 3 is 2.94 bits per heavy atom. The standard InChI is InChI=1S/C12H10N2O2/c1-2-16-12-10-4-3-9(11(13)15)7-8(10)5-6-14-12/h2-7H,1H2,(H2,13,15). The van der Waals surface area contributed by atoms with E-state index in [-0.39, 0.29) is 0 Å². The summed E-state index contributed by atoms with van der Waals surface area (Å²) in [7, 11) is 0. The molecule has 2 aromatic rings. The summed E-state index contributed by atoms with van der Waals surface area (Å²) in [6, 6.07) is 6.89. The Kier molecular flexibility index (Phi) is 2.55. The Morgan fingerprint density at radius 1 is 1.44 bits per heavy atom. The first-order chi connectivity index (χ1) is 7.72. The number of primary amides is 1. The fourth-order valence-electron chi connectivity index (χ4n) is 1.48. The lowest BCUT2D eigenvalue weighted by molar-refractivity contribution is 0.100. The molecule has 0 bridgehead atoms. The van der Waals surface area contributed by atoms with Crippen molar-refractivity contribution in [1.82, 2.24) is 4.98 Å². The van der Waals surface area contributed by atoms with Crippen LogP contribution in [0.4, 0.5) is 0 Å². The number of fused-ring (bicyclic) bond motifs is 1. The van der Waals surface area contributed by atoms with Gasteiger partial charge in [0.25, 0.3) is 0 Å². The van der Waals surface area contributed by atoms with Crippen molar-refractivity contribution in [2.75, 3.05) is 0 Å². The Labute approximate surface area is 92.4 Å². The van der Waals surface area contributed by atoms with E-state index in [1.807, 2.05) is 0 Å². The molecule has 2 rings (SSSR count). The zero-order chi connectivity index (χ0) is 11.5. The maximum Gasteiger partial charge on any atom is 0.248 e. The second kappa shape index (κ2) is 4.02. The van der Waals surface area contributed by atoms with E-state index in [1.165, 1.54) is 6.26 Å². The number of nitrogens with zero attached hydrogens (tertiary/aromatic N) is 1. The number of hydrogen-bond acceptors (Lipinski definition) is 3. The quantitative estimate of drug-likeness (QED) is 0.793. The number of rotatable bonds is 3. The van der Waals surface area contributed by atoms with Gasteiger partial charge in [-0.25, -0.2) is 4.98 Å². The third-order valence-corrected chi connectivity index (χ3v) is 2.21. The van der Waals surface area contributed by atoms with Gasteiger partial charge in [-0.3, -0.25) is 4.79 Å². The monoisotopic (exact) mass is 214 g/mol. The number of nitrogens with two attached hydrogens (primary N) is 1. The zero-order valence-electron chi connectivity index (χ0n) is 8.51. The molecule has 2 N–H and O–H groups in total. The van der Waals surface area contributed by atoms with E-state index in [4.69, 9.17) is 10.5 Å². The molecular formula is C12H10N2O2. The molecule has 4 heteroatoms. The van der Waals surface area contributed by atoms with Crippen molar-refractivity contribution in [3.8, 4) is 5.88 Å². The van der Waals surface area contributed by atoms with Crippen molar-refractivity contribution >= 4 is 16.7 Å². The van der Waals surface area contributed by atoms with Gasteiger partial charge in [0.05, 0.1) is 6.26 Å². The molecular weight excluding hydrogens is 204 g/mol. The van der Waals surface area contributed by atoms with E-state index in [2.05, 4.69) is 11.6 Å². The molecule has 0 radical (unpaired) electrons. The van der Waals surface area contributed by atoms with Crippen LogP contribution in [0.5, 0.6) is 5.88 Å². The fraction of sp³-hybridized carbons (Fsp3) is 0. The lowest BCUT2D eigenvalue weighted by Gasteiger charge is -2.04. The van der Waals surface area contributed by atoms with Gasteiger partial charge in [-0.1, -0.05) is 6.58 Å². The number of benzene rings is 1. The van der Waals surface area contributed by atoms with E-state index < -0.39 is 5.91 Å². The molecule has 80 valence electrons. The highest BCUT2D eigenvalue weighted by molar-refractivity contribution is 5.98. The molecule has 0 saturated heterocycles. The average molecular weight is 214 g/mol. The zero-order valence-corrected chi connectivity index (χ0v) is 8.51. The molecule has 1 aromatic carbocycles. The molecule has 1 heterocycles. The molecule has 4 nitrogen and oxygen atoms in total. The predicted octanol–water partition coefficient (Wildman–Crippen LogP) is 1.86. The van der Waals surface area contributed by atoms with Gasteiger partial charge in [-0.05, 0) is 29.7 Å². The normalized spacial score (nSPS) is 10.0. The van der Waals surface area contributed by atoms with Crippen LogP contribution in [0.3, 0.4) is 0 Å². The second-order valence-electron chi connectivity index (χ2n) is 3.20. The van der Waals surface area contributed by atoms with Gasteiger partial charge in [0.1, 0.15) is 0 Å². The van der Waals surface area contributed by atoms with E-state index in [0.717, 1.165) is 10.8 Å². The molecule has 16 heavy (non-hydrogen) atoms. The van der Waals surface area contributed by atoms with Crippen LogP contribution in [0.25, 0.3) is 10.8 Å². The molecule has 0 aliphatic carbocycles. The molecule has 0 spiro atoms. The van der Waals surface area contributed by atoms with Crippen LogP contribution >= 0.6 is 0 Å². The van der Waals surface area contributed by atoms with Gasteiger partial charge in [0, 0.05) is 17.1 Å². The fourth-order valence-corrected chi connectivity index (χ4v) is 1.48. The number of amides is 1. The summed E-state index contributed by atoms with van der Waals surface area (Å²) in [4.78, 5) is 15.1. The lowest BCUT2D eigenvalue weighted by Crippen LogP contribution is -2.10. The topological polar surface area (TPSA) is 65.2 Å². The van der Waals surface area contributed by atoms with Gasteiger partial charge in [-0.2, -0.15) is 0 Å². The third-order valence-electron chi connectivity index (χ3n) is 2.21. The van der Waals surface area contributed by atoms with Crippen LogP contribution in [0.1, 0.15) is 10.4 Å². The van der Waals surface area contributed by atoms with Gasteiger partial charge in [0.2, 0.25) is 11.8 Å². The van der Waals surface area contributed by atoms with E-state index in [9.17, 15) is 4.79 Å². The molecule has 0 aliphatic rings. The van der Waals surface area contributed by atoms with E-state index in [0.29, 0.717) is 11.4 Å². The Balaban J connectivity index is 2.63. The van der Waals surface area contributed by atoms with Gasteiger partial charge in [0.15, 0.2) is 0 Å². The molecule has 0 saturated carbocycles. The highest BCUT2D eigenvalue weighted by Gasteiger charge is 2.05. The highest BCUT2D eigenvalue weighted by Crippen LogP contribution is 2.23. The van der Waals surface area contributed by atoms with E-state index in [1.54, 1.807) is 30.5 Å². The Hall–Kier alpha value is -2.36. The van der Waals surface area contributed by atoms with Crippen molar-refractivity contribution in [3.05, 3.63) is 48.9 Å². The lowest BCUT2D eigenvalue weighted by atomic mass is 10.1. The smallest absolute Gasteiger partial charge is 0.248 e. The van der Waals surface area contributed by atoms with Crippen molar-refractivity contribution in [2.24, 2.45) is 5.73 Å². The van der Waals surface area contributed by atoms with Crippen LogP contribution in [0.2, 0.25) is 0 Å². The first-order valence-electron chi connectivity index (χ1n) is 4.68. The first-order valence-corrected chi connectivity index (χ1v) is 4.68. The third kappa shape index (κ3) is 1.72. The molecule has 0 unspecified atom stereocenters. The minimum atomic E-state index is -0.454. The van der Waals surface area contributed by atoms with Crippen molar-refractivity contribution < 1.29 is 9.53 Å². The van der Waals surface area contributed by atoms with Crippen LogP contribution in [0, 0.1) is 0 Å². The first kappa shape index (κ1) is 10.2. The summed E-state index contributed by atoms with van der Waals surface area (Å²) in [5, 5.41) is 1.66. The maximum atomic E-state index is 11.0. The Bertz CT molecular complexity index is 564. The minimum Gasteiger partial charge on any atom is -0.447 e. The average Bonchev–Trinajstić information content (AvgIpc) is 2.29. The predicted molar refractivity (Wildman–Crippen MR) is 61.1 cm³/mol. The SMILES string of the molecule is C=COc1nccc2cc(C(N)=O)ccc12. The van der Waals surface area contributed by atoms with Gasteiger partial charge >= 0.3 is 0 Å². The van der Waals surface area contributed by atoms with Crippen molar-refractivity contribution in [1.29, 1.82) is 0 Å². The molecule has 1 aromatic heterocycles. The van der Waals surface area contributed by atoms with Crippen LogP contribution in [-0.4, -0.2) is 10.9 Å². The number of ether oxygens (including phenoxy) is 1. The molecule has 0 atom stereocenters. The number of carbonyl (C=O) groups is 1. The maximum absolute atomic E-state index is 11.0. The number of carbonyl (C=O) groups excluding carboxylic acids is 1. The highest BCUT2D eigenvalue weighted by atomic mass is 16.5. The molecule has 0 fully saturated rings. The summed E-state index contributed by atoms with van der Waals surface area (Å²) in [6.45, 7) is 3.47. The summed E-state index contributed by atoms with van der Waals surface area (Å²) >= 11 is 0. The van der Waals surface area contributed by atoms with Crippen molar-refractivity contribution in [2.45, 2.75) is 0 Å². The number of pyridine rings is 1. The van der Waals surface area contributed by atoms with Crippen LogP contribution in [-0.2, 0) is 0 Å². The summed E-state index contributed by atoms with van der Waals surface area (Å²) in [5.74, 6) is 0.00780. The Morgan fingerprint density at radius 2 is 2.25 bits per heavy atom. The number of hydrogen-bond donors (Lipinski definition) is 1. The molecule has 1 amide bonds.